The van der Waals surface area contributed by atoms with E-state index in [0.717, 1.165) is 42.1 Å². The van der Waals surface area contributed by atoms with Crippen LogP contribution in [0, 0.1) is 13.8 Å². The average Bonchev–Trinajstić information content (AvgIpc) is 2.51. The van der Waals surface area contributed by atoms with Crippen LogP contribution in [0.1, 0.15) is 27.9 Å². The summed E-state index contributed by atoms with van der Waals surface area (Å²) >= 11 is 0. The van der Waals surface area contributed by atoms with E-state index in [4.69, 9.17) is 0 Å². The minimum absolute atomic E-state index is 0.147. The highest BCUT2D eigenvalue weighted by atomic mass is 16.1. The highest BCUT2D eigenvalue weighted by Crippen LogP contribution is 2.15. The molecule has 0 radical (unpaired) electrons. The molecule has 2 rings (SSSR count). The zero-order valence-corrected chi connectivity index (χ0v) is 14.9. The predicted octanol–water partition coefficient (Wildman–Crippen LogP) is 3.31. The van der Waals surface area contributed by atoms with Crippen molar-refractivity contribution >= 4 is 17.4 Å². The Hall–Kier alpha value is -2.40. The third kappa shape index (κ3) is 5.66. The summed E-state index contributed by atoms with van der Waals surface area (Å²) in [7, 11) is 4.11. The van der Waals surface area contributed by atoms with Gasteiger partial charge in [-0.3, -0.25) is 4.79 Å². The average molecular weight is 326 g/mol. The number of carbonyl (C=O) groups is 1. The van der Waals surface area contributed by atoms with E-state index in [-0.39, 0.29) is 5.91 Å². The lowest BCUT2D eigenvalue weighted by atomic mass is 10.1. The Morgan fingerprint density at radius 3 is 2.42 bits per heavy atom. The molecule has 5 nitrogen and oxygen atoms in total. The first-order chi connectivity index (χ1) is 11.4. The number of nitrogens with one attached hydrogen (secondary N) is 2. The van der Waals surface area contributed by atoms with Crippen molar-refractivity contribution in [2.24, 2.45) is 0 Å². The van der Waals surface area contributed by atoms with E-state index in [1.54, 1.807) is 12.3 Å². The van der Waals surface area contributed by atoms with Gasteiger partial charge in [0.1, 0.15) is 5.82 Å². The van der Waals surface area contributed by atoms with Crippen LogP contribution in [0.5, 0.6) is 0 Å². The van der Waals surface area contributed by atoms with Gasteiger partial charge in [-0.1, -0.05) is 6.07 Å². The van der Waals surface area contributed by atoms with Crippen LogP contribution in [-0.2, 0) is 0 Å². The van der Waals surface area contributed by atoms with Crippen molar-refractivity contribution in [1.29, 1.82) is 0 Å². The van der Waals surface area contributed by atoms with Gasteiger partial charge in [0.05, 0.1) is 5.56 Å². The Morgan fingerprint density at radius 2 is 1.83 bits per heavy atom. The van der Waals surface area contributed by atoms with E-state index in [9.17, 15) is 4.79 Å². The SMILES string of the molecule is Cc1cc(C)cc(NC(=O)c2ccc(NCCCN(C)C)nc2)c1. The number of nitrogens with zero attached hydrogens (tertiary/aromatic N) is 2. The lowest BCUT2D eigenvalue weighted by Gasteiger charge is -2.11. The molecule has 1 amide bonds. The van der Waals surface area contributed by atoms with Crippen molar-refractivity contribution in [3.8, 4) is 0 Å². The molecule has 1 aromatic heterocycles. The second-order valence-corrected chi connectivity index (χ2v) is 6.35. The van der Waals surface area contributed by atoms with Crippen LogP contribution in [0.2, 0.25) is 0 Å². The zero-order valence-electron chi connectivity index (χ0n) is 14.9. The van der Waals surface area contributed by atoms with Crippen LogP contribution in [0.15, 0.2) is 36.5 Å². The van der Waals surface area contributed by atoms with Gasteiger partial charge >= 0.3 is 0 Å². The first-order valence-corrected chi connectivity index (χ1v) is 8.18. The molecule has 0 spiro atoms. The molecule has 0 fully saturated rings. The molecule has 0 bridgehead atoms. The van der Waals surface area contributed by atoms with E-state index in [0.29, 0.717) is 5.56 Å². The van der Waals surface area contributed by atoms with E-state index < -0.39 is 0 Å². The fraction of sp³-hybridized carbons (Fsp3) is 0.368. The van der Waals surface area contributed by atoms with Gasteiger partial charge in [0, 0.05) is 18.4 Å². The van der Waals surface area contributed by atoms with E-state index in [2.05, 4.69) is 40.7 Å². The van der Waals surface area contributed by atoms with Crippen molar-refractivity contribution in [3.05, 3.63) is 53.2 Å². The Labute approximate surface area is 144 Å². The summed E-state index contributed by atoms with van der Waals surface area (Å²) in [6.45, 7) is 5.92. The number of aromatic nitrogens is 1. The maximum atomic E-state index is 12.3. The van der Waals surface area contributed by atoms with E-state index in [1.165, 1.54) is 0 Å². The molecule has 0 aliphatic heterocycles. The number of hydrogen-bond acceptors (Lipinski definition) is 4. The molecule has 0 saturated carbocycles. The minimum atomic E-state index is -0.147. The Kier molecular flexibility index (Phi) is 6.32. The predicted molar refractivity (Wildman–Crippen MR) is 99.8 cm³/mol. The molecule has 0 saturated heterocycles. The van der Waals surface area contributed by atoms with Crippen LogP contribution in [0.4, 0.5) is 11.5 Å². The maximum Gasteiger partial charge on any atom is 0.257 e. The first kappa shape index (κ1) is 17.9. The smallest absolute Gasteiger partial charge is 0.257 e. The fourth-order valence-corrected chi connectivity index (χ4v) is 2.49. The van der Waals surface area contributed by atoms with Gasteiger partial charge in [-0.2, -0.15) is 0 Å². The minimum Gasteiger partial charge on any atom is -0.370 e. The van der Waals surface area contributed by atoms with Gasteiger partial charge in [-0.05, 0) is 76.3 Å². The summed E-state index contributed by atoms with van der Waals surface area (Å²) in [6, 6.07) is 9.62. The van der Waals surface area contributed by atoms with Crippen LogP contribution >= 0.6 is 0 Å². The second kappa shape index (κ2) is 8.45. The van der Waals surface area contributed by atoms with Crippen molar-refractivity contribution in [2.45, 2.75) is 20.3 Å². The second-order valence-electron chi connectivity index (χ2n) is 6.35. The molecule has 0 aliphatic carbocycles. The topological polar surface area (TPSA) is 57.3 Å². The molecular weight excluding hydrogens is 300 g/mol. The zero-order chi connectivity index (χ0) is 17.5. The van der Waals surface area contributed by atoms with Crippen molar-refractivity contribution < 1.29 is 4.79 Å². The third-order valence-corrected chi connectivity index (χ3v) is 3.59. The van der Waals surface area contributed by atoms with Crippen molar-refractivity contribution in [1.82, 2.24) is 9.88 Å². The van der Waals surface area contributed by atoms with Gasteiger partial charge < -0.3 is 15.5 Å². The van der Waals surface area contributed by atoms with Crippen molar-refractivity contribution in [2.75, 3.05) is 37.8 Å². The van der Waals surface area contributed by atoms with Crippen LogP contribution in [0.3, 0.4) is 0 Å². The summed E-state index contributed by atoms with van der Waals surface area (Å²) in [5.41, 5.74) is 3.61. The Balaban J connectivity index is 1.91. The summed E-state index contributed by atoms with van der Waals surface area (Å²) in [6.07, 6.45) is 2.65. The molecule has 0 unspecified atom stereocenters. The molecule has 24 heavy (non-hydrogen) atoms. The largest absolute Gasteiger partial charge is 0.370 e. The number of pyridine rings is 1. The number of anilines is 2. The summed E-state index contributed by atoms with van der Waals surface area (Å²) in [5.74, 6) is 0.642. The molecule has 2 aromatic rings. The van der Waals surface area contributed by atoms with E-state index in [1.807, 2.05) is 32.0 Å². The van der Waals surface area contributed by atoms with Gasteiger partial charge in [-0.25, -0.2) is 4.98 Å². The highest BCUT2D eigenvalue weighted by Gasteiger charge is 2.07. The monoisotopic (exact) mass is 326 g/mol. The van der Waals surface area contributed by atoms with Gasteiger partial charge in [0.2, 0.25) is 0 Å². The number of carbonyl (C=O) groups excluding carboxylic acids is 1. The number of amides is 1. The number of aryl methyl sites for hydroxylation is 2. The Morgan fingerprint density at radius 1 is 1.12 bits per heavy atom. The standard InChI is InChI=1S/C19H26N4O/c1-14-10-15(2)12-17(11-14)22-19(24)16-6-7-18(21-13-16)20-8-5-9-23(3)4/h6-7,10-13H,5,8-9H2,1-4H3,(H,20,21)(H,22,24). The summed E-state index contributed by atoms with van der Waals surface area (Å²) in [5, 5.41) is 6.18. The fourth-order valence-electron chi connectivity index (χ4n) is 2.49. The quantitative estimate of drug-likeness (QED) is 0.767. The molecular formula is C19H26N4O. The molecule has 0 atom stereocenters. The molecule has 128 valence electrons. The number of benzene rings is 1. The molecule has 1 aromatic carbocycles. The lowest BCUT2D eigenvalue weighted by Crippen LogP contribution is -2.17. The van der Waals surface area contributed by atoms with Crippen LogP contribution in [0.25, 0.3) is 0 Å². The molecule has 1 heterocycles. The van der Waals surface area contributed by atoms with Crippen LogP contribution < -0.4 is 10.6 Å². The van der Waals surface area contributed by atoms with E-state index >= 15 is 0 Å². The van der Waals surface area contributed by atoms with Gasteiger partial charge in [0.15, 0.2) is 0 Å². The maximum absolute atomic E-state index is 12.3. The third-order valence-electron chi connectivity index (χ3n) is 3.59. The summed E-state index contributed by atoms with van der Waals surface area (Å²) in [4.78, 5) is 18.8. The van der Waals surface area contributed by atoms with Gasteiger partial charge in [0.25, 0.3) is 5.91 Å². The lowest BCUT2D eigenvalue weighted by molar-refractivity contribution is 0.102. The van der Waals surface area contributed by atoms with Crippen molar-refractivity contribution in [3.63, 3.8) is 0 Å². The summed E-state index contributed by atoms with van der Waals surface area (Å²) < 4.78 is 0. The Bertz CT molecular complexity index is 660. The number of rotatable bonds is 7. The molecule has 5 heteroatoms. The molecule has 0 aliphatic rings. The first-order valence-electron chi connectivity index (χ1n) is 8.18. The van der Waals surface area contributed by atoms with Gasteiger partial charge in [-0.15, -0.1) is 0 Å². The van der Waals surface area contributed by atoms with Crippen LogP contribution in [-0.4, -0.2) is 43.0 Å². The number of hydrogen-bond donors (Lipinski definition) is 2. The molecule has 2 N–H and O–H groups in total. The highest BCUT2D eigenvalue weighted by molar-refractivity contribution is 6.04. The normalized spacial score (nSPS) is 10.7.